The third-order valence-corrected chi connectivity index (χ3v) is 5.85. The van der Waals surface area contributed by atoms with E-state index in [1.54, 1.807) is 17.4 Å². The van der Waals surface area contributed by atoms with Crippen LogP contribution in [-0.2, 0) is 0 Å². The van der Waals surface area contributed by atoms with E-state index in [0.29, 0.717) is 17.5 Å². The Balaban J connectivity index is 1.89. The molecule has 1 aromatic carbocycles. The second-order valence-corrected chi connectivity index (χ2v) is 7.63. The fourth-order valence-electron chi connectivity index (χ4n) is 2.89. The summed E-state index contributed by atoms with van der Waals surface area (Å²) >= 11 is 4.02. The monoisotopic (exact) mass is 423 g/mol. The summed E-state index contributed by atoms with van der Waals surface area (Å²) in [6.07, 6.45) is 2.50. The highest BCUT2D eigenvalue weighted by atomic mass is 127. The molecule has 1 fully saturated rings. The molecule has 1 atom stereocenters. The second kappa shape index (κ2) is 5.34. The zero-order chi connectivity index (χ0) is 15.3. The van der Waals surface area contributed by atoms with Crippen LogP contribution in [-0.4, -0.2) is 15.7 Å². The van der Waals surface area contributed by atoms with Gasteiger partial charge in [-0.2, -0.15) is 5.10 Å². The van der Waals surface area contributed by atoms with Crippen molar-refractivity contribution in [3.05, 3.63) is 49.9 Å². The Morgan fingerprint density at radius 2 is 2.23 bits per heavy atom. The van der Waals surface area contributed by atoms with Crippen LogP contribution in [0.4, 0.5) is 0 Å². The van der Waals surface area contributed by atoms with Gasteiger partial charge in [0.2, 0.25) is 5.91 Å². The van der Waals surface area contributed by atoms with E-state index >= 15 is 0 Å². The molecule has 4 rings (SSSR count). The second-order valence-electron chi connectivity index (χ2n) is 5.63. The van der Waals surface area contributed by atoms with Gasteiger partial charge < -0.3 is 5.73 Å². The zero-order valence-electron chi connectivity index (χ0n) is 11.7. The van der Waals surface area contributed by atoms with Crippen molar-refractivity contribution in [2.45, 2.75) is 18.9 Å². The van der Waals surface area contributed by atoms with Gasteiger partial charge >= 0.3 is 0 Å². The van der Waals surface area contributed by atoms with E-state index in [1.165, 1.54) is 17.7 Å². The summed E-state index contributed by atoms with van der Waals surface area (Å²) in [6, 6.07) is 10.2. The number of rotatable bonds is 4. The van der Waals surface area contributed by atoms with E-state index in [4.69, 9.17) is 10.8 Å². The number of fused-ring (bicyclic) bond motifs is 1. The number of primary amides is 1. The first-order valence-electron chi connectivity index (χ1n) is 7.16. The quantitative estimate of drug-likeness (QED) is 0.649. The Kier molecular flexibility index (Phi) is 3.45. The maximum atomic E-state index is 11.4. The van der Waals surface area contributed by atoms with Gasteiger partial charge in [0.05, 0.1) is 11.6 Å². The van der Waals surface area contributed by atoms with E-state index in [9.17, 15) is 4.79 Å². The van der Waals surface area contributed by atoms with Crippen molar-refractivity contribution < 1.29 is 4.79 Å². The maximum absolute atomic E-state index is 11.4. The first kappa shape index (κ1) is 14.2. The van der Waals surface area contributed by atoms with Crippen LogP contribution in [0.3, 0.4) is 0 Å². The topological polar surface area (TPSA) is 60.9 Å². The summed E-state index contributed by atoms with van der Waals surface area (Å²) in [5, 5.41) is 7.88. The summed E-state index contributed by atoms with van der Waals surface area (Å²) in [4.78, 5) is 12.7. The molecule has 2 N–H and O–H groups in total. The molecule has 4 nitrogen and oxygen atoms in total. The number of benzene rings is 1. The molecule has 2 heterocycles. The van der Waals surface area contributed by atoms with E-state index in [1.807, 2.05) is 12.1 Å². The molecule has 1 aliphatic carbocycles. The predicted molar refractivity (Wildman–Crippen MR) is 96.1 cm³/mol. The minimum absolute atomic E-state index is 0.297. The highest BCUT2D eigenvalue weighted by Crippen LogP contribution is 2.45. The minimum Gasteiger partial charge on any atom is -0.366 e. The first-order chi connectivity index (χ1) is 10.6. The van der Waals surface area contributed by atoms with Gasteiger partial charge in [0.15, 0.2) is 0 Å². The molecule has 1 unspecified atom stereocenters. The Hall–Kier alpha value is -1.41. The normalized spacial score (nSPS) is 16.0. The van der Waals surface area contributed by atoms with Crippen molar-refractivity contribution in [3.8, 4) is 0 Å². The molecule has 112 valence electrons. The molecule has 6 heteroatoms. The molecule has 3 aromatic rings. The Morgan fingerprint density at radius 3 is 2.86 bits per heavy atom. The molecular formula is C16H14IN3OS. The lowest BCUT2D eigenvalue weighted by Crippen LogP contribution is -2.13. The van der Waals surface area contributed by atoms with Gasteiger partial charge in [0, 0.05) is 15.8 Å². The van der Waals surface area contributed by atoms with Crippen LogP contribution in [0.25, 0.3) is 10.9 Å². The van der Waals surface area contributed by atoms with Crippen molar-refractivity contribution in [1.82, 2.24) is 9.78 Å². The number of carbonyl (C=O) groups is 1. The van der Waals surface area contributed by atoms with Crippen LogP contribution in [0.5, 0.6) is 0 Å². The third kappa shape index (κ3) is 2.34. The number of hydrogen-bond acceptors (Lipinski definition) is 3. The largest absolute Gasteiger partial charge is 0.366 e. The van der Waals surface area contributed by atoms with Crippen molar-refractivity contribution in [1.29, 1.82) is 0 Å². The Labute approximate surface area is 145 Å². The molecule has 1 aliphatic rings. The molecule has 0 saturated heterocycles. The molecule has 0 bridgehead atoms. The summed E-state index contributed by atoms with van der Waals surface area (Å²) in [7, 11) is 0. The van der Waals surface area contributed by atoms with E-state index in [-0.39, 0.29) is 0 Å². The van der Waals surface area contributed by atoms with Crippen LogP contribution < -0.4 is 5.73 Å². The third-order valence-electron chi connectivity index (χ3n) is 4.11. The molecule has 0 aliphatic heterocycles. The van der Waals surface area contributed by atoms with Gasteiger partial charge in [-0.25, -0.2) is 0 Å². The molecular weight excluding hydrogens is 409 g/mol. The van der Waals surface area contributed by atoms with Gasteiger partial charge in [0.1, 0.15) is 3.70 Å². The lowest BCUT2D eigenvalue weighted by Gasteiger charge is -2.16. The number of nitrogens with zero attached hydrogens (tertiary/aromatic N) is 2. The van der Waals surface area contributed by atoms with Gasteiger partial charge in [-0.1, -0.05) is 6.07 Å². The van der Waals surface area contributed by atoms with E-state index in [2.05, 4.69) is 44.8 Å². The number of hydrogen-bond donors (Lipinski definition) is 1. The van der Waals surface area contributed by atoms with Gasteiger partial charge in [-0.15, -0.1) is 11.3 Å². The predicted octanol–water partition coefficient (Wildman–Crippen LogP) is 3.80. The number of halogens is 1. The summed E-state index contributed by atoms with van der Waals surface area (Å²) < 4.78 is 3.05. The summed E-state index contributed by atoms with van der Waals surface area (Å²) in [5.74, 6) is 0.260. The van der Waals surface area contributed by atoms with Gasteiger partial charge in [0.25, 0.3) is 0 Å². The highest BCUT2D eigenvalue weighted by molar-refractivity contribution is 14.1. The Morgan fingerprint density at radius 1 is 1.41 bits per heavy atom. The molecule has 0 spiro atoms. The standard InChI is InChI=1S/C16H14IN3OS/c17-15-11-8-10(16(18)21)5-6-12(11)20(19-15)14(9-3-4-9)13-2-1-7-22-13/h1-2,5-9,14H,3-4H2,(H2,18,21). The summed E-state index contributed by atoms with van der Waals surface area (Å²) in [5.41, 5.74) is 6.99. The van der Waals surface area contributed by atoms with E-state index in [0.717, 1.165) is 14.6 Å². The zero-order valence-corrected chi connectivity index (χ0v) is 14.7. The smallest absolute Gasteiger partial charge is 0.248 e. The number of nitrogens with two attached hydrogens (primary N) is 1. The van der Waals surface area contributed by atoms with Crippen LogP contribution in [0.15, 0.2) is 35.7 Å². The molecule has 0 radical (unpaired) electrons. The Bertz CT molecular complexity index is 852. The molecule has 1 amide bonds. The van der Waals surface area contributed by atoms with Crippen LogP contribution in [0.1, 0.15) is 34.1 Å². The van der Waals surface area contributed by atoms with Crippen molar-refractivity contribution >= 4 is 50.7 Å². The lowest BCUT2D eigenvalue weighted by molar-refractivity contribution is 0.100. The average molecular weight is 423 g/mol. The number of amides is 1. The van der Waals surface area contributed by atoms with Crippen LogP contribution in [0.2, 0.25) is 0 Å². The summed E-state index contributed by atoms with van der Waals surface area (Å²) in [6.45, 7) is 0. The van der Waals surface area contributed by atoms with E-state index < -0.39 is 5.91 Å². The molecule has 22 heavy (non-hydrogen) atoms. The minimum atomic E-state index is -0.401. The lowest BCUT2D eigenvalue weighted by atomic mass is 10.1. The van der Waals surface area contributed by atoms with Gasteiger partial charge in [-0.3, -0.25) is 9.48 Å². The maximum Gasteiger partial charge on any atom is 0.248 e. The van der Waals surface area contributed by atoms with Crippen LogP contribution >= 0.6 is 33.9 Å². The van der Waals surface area contributed by atoms with Crippen LogP contribution in [0, 0.1) is 9.62 Å². The van der Waals surface area contributed by atoms with Crippen molar-refractivity contribution in [3.63, 3.8) is 0 Å². The number of carbonyl (C=O) groups excluding carboxylic acids is 1. The number of aromatic nitrogens is 2. The fraction of sp³-hybridized carbons (Fsp3) is 0.250. The van der Waals surface area contributed by atoms with Crippen molar-refractivity contribution in [2.24, 2.45) is 11.7 Å². The first-order valence-corrected chi connectivity index (χ1v) is 9.12. The number of thiophene rings is 1. The van der Waals surface area contributed by atoms with Crippen molar-refractivity contribution in [2.75, 3.05) is 0 Å². The van der Waals surface area contributed by atoms with Gasteiger partial charge in [-0.05, 0) is 71.0 Å². The molecule has 1 saturated carbocycles. The average Bonchev–Trinajstić information content (AvgIpc) is 3.08. The fourth-order valence-corrected chi connectivity index (χ4v) is 4.46. The molecule has 2 aromatic heterocycles. The SMILES string of the molecule is NC(=O)c1ccc2c(c1)c(I)nn2C(c1cccs1)C1CC1. The highest BCUT2D eigenvalue weighted by Gasteiger charge is 2.36.